The van der Waals surface area contributed by atoms with Crippen molar-refractivity contribution in [2.75, 3.05) is 0 Å². The summed E-state index contributed by atoms with van der Waals surface area (Å²) in [6.45, 7) is 3.69. The molecular formula is C11H13BrO3. The molecule has 82 valence electrons. The van der Waals surface area contributed by atoms with Crippen LogP contribution in [0.4, 0.5) is 0 Å². The maximum Gasteiger partial charge on any atom is 0.303 e. The van der Waals surface area contributed by atoms with Crippen LogP contribution in [0.5, 0.6) is 5.75 Å². The first-order valence-electron chi connectivity index (χ1n) is 4.62. The number of phenols is 1. The Bertz CT molecular complexity index is 388. The van der Waals surface area contributed by atoms with Gasteiger partial charge in [0, 0.05) is 4.47 Å². The third-order valence-corrected chi connectivity index (χ3v) is 3.36. The number of rotatable bonds is 3. The number of benzene rings is 1. The van der Waals surface area contributed by atoms with Gasteiger partial charge in [-0.05, 0) is 36.1 Å². The van der Waals surface area contributed by atoms with E-state index in [1.165, 1.54) is 0 Å². The average molecular weight is 273 g/mol. The second kappa shape index (κ2) is 4.66. The van der Waals surface area contributed by atoms with Gasteiger partial charge in [-0.25, -0.2) is 0 Å². The summed E-state index contributed by atoms with van der Waals surface area (Å²) in [6, 6.07) is 3.24. The Morgan fingerprint density at radius 3 is 2.67 bits per heavy atom. The number of hydrogen-bond acceptors (Lipinski definition) is 2. The maximum absolute atomic E-state index is 10.6. The summed E-state index contributed by atoms with van der Waals surface area (Å²) in [6.07, 6.45) is 0.0570. The number of carboxylic acid groups (broad SMARTS) is 1. The lowest BCUT2D eigenvalue weighted by atomic mass is 9.96. The van der Waals surface area contributed by atoms with E-state index in [2.05, 4.69) is 15.9 Å². The van der Waals surface area contributed by atoms with Crippen molar-refractivity contribution in [3.8, 4) is 5.75 Å². The number of hydrogen-bond donors (Lipinski definition) is 2. The van der Waals surface area contributed by atoms with Gasteiger partial charge in [-0.1, -0.05) is 22.9 Å². The topological polar surface area (TPSA) is 57.5 Å². The summed E-state index contributed by atoms with van der Waals surface area (Å²) in [7, 11) is 0. The summed E-state index contributed by atoms with van der Waals surface area (Å²) in [5.74, 6) is -0.791. The van der Waals surface area contributed by atoms with Crippen LogP contribution in [-0.2, 0) is 4.79 Å². The van der Waals surface area contributed by atoms with E-state index in [4.69, 9.17) is 5.11 Å². The summed E-state index contributed by atoms with van der Waals surface area (Å²) in [5.41, 5.74) is 1.73. The first kappa shape index (κ1) is 12.0. The van der Waals surface area contributed by atoms with E-state index >= 15 is 0 Å². The zero-order valence-electron chi connectivity index (χ0n) is 8.62. The molecule has 0 fully saturated rings. The van der Waals surface area contributed by atoms with E-state index in [0.29, 0.717) is 0 Å². The van der Waals surface area contributed by atoms with Crippen LogP contribution in [0.1, 0.15) is 30.4 Å². The Hall–Kier alpha value is -1.03. The van der Waals surface area contributed by atoms with Crippen LogP contribution in [0, 0.1) is 6.92 Å². The summed E-state index contributed by atoms with van der Waals surface area (Å²) < 4.78 is 0.869. The molecule has 1 atom stereocenters. The fourth-order valence-electron chi connectivity index (χ4n) is 1.51. The molecule has 0 saturated heterocycles. The molecule has 1 unspecified atom stereocenters. The van der Waals surface area contributed by atoms with Crippen molar-refractivity contribution in [2.45, 2.75) is 26.2 Å². The third-order valence-electron chi connectivity index (χ3n) is 2.28. The molecule has 2 N–H and O–H groups in total. The van der Waals surface area contributed by atoms with Gasteiger partial charge in [-0.3, -0.25) is 4.79 Å². The normalized spacial score (nSPS) is 12.5. The molecule has 0 amide bonds. The number of carboxylic acids is 1. The fraction of sp³-hybridized carbons (Fsp3) is 0.364. The summed E-state index contributed by atoms with van der Waals surface area (Å²) in [4.78, 5) is 10.6. The predicted molar refractivity (Wildman–Crippen MR) is 61.2 cm³/mol. The maximum atomic E-state index is 10.6. The molecule has 0 spiro atoms. The predicted octanol–water partition coefficient (Wildman–Crippen LogP) is 3.04. The quantitative estimate of drug-likeness (QED) is 0.889. The Balaban J connectivity index is 3.07. The summed E-state index contributed by atoms with van der Waals surface area (Å²) in [5, 5.41) is 18.1. The van der Waals surface area contributed by atoms with Crippen molar-refractivity contribution in [1.82, 2.24) is 0 Å². The van der Waals surface area contributed by atoms with Gasteiger partial charge in [-0.15, -0.1) is 0 Å². The van der Waals surface area contributed by atoms with Gasteiger partial charge in [0.25, 0.3) is 0 Å². The van der Waals surface area contributed by atoms with Gasteiger partial charge >= 0.3 is 5.97 Å². The van der Waals surface area contributed by atoms with E-state index in [0.717, 1.165) is 15.6 Å². The molecule has 4 heteroatoms. The molecule has 1 aromatic carbocycles. The number of phenolic OH excluding ortho intramolecular Hbond substituents is 1. The second-order valence-corrected chi connectivity index (χ2v) is 4.46. The van der Waals surface area contributed by atoms with Gasteiger partial charge < -0.3 is 10.2 Å². The van der Waals surface area contributed by atoms with Crippen LogP contribution in [0.3, 0.4) is 0 Å². The van der Waals surface area contributed by atoms with Gasteiger partial charge in [0.1, 0.15) is 5.75 Å². The smallest absolute Gasteiger partial charge is 0.303 e. The van der Waals surface area contributed by atoms with Crippen molar-refractivity contribution >= 4 is 21.9 Å². The zero-order chi connectivity index (χ0) is 11.6. The average Bonchev–Trinajstić information content (AvgIpc) is 2.09. The minimum Gasteiger partial charge on any atom is -0.508 e. The van der Waals surface area contributed by atoms with Gasteiger partial charge in [0.05, 0.1) is 6.42 Å². The Morgan fingerprint density at radius 2 is 2.13 bits per heavy atom. The molecule has 0 saturated carbocycles. The highest BCUT2D eigenvalue weighted by Crippen LogP contribution is 2.33. The molecule has 0 radical (unpaired) electrons. The molecule has 3 nitrogen and oxygen atoms in total. The fourth-order valence-corrected chi connectivity index (χ4v) is 2.13. The van der Waals surface area contributed by atoms with Crippen molar-refractivity contribution in [3.05, 3.63) is 27.7 Å². The minimum absolute atomic E-state index is 0.0570. The monoisotopic (exact) mass is 272 g/mol. The van der Waals surface area contributed by atoms with E-state index in [1.54, 1.807) is 12.1 Å². The lowest BCUT2D eigenvalue weighted by molar-refractivity contribution is -0.137. The zero-order valence-corrected chi connectivity index (χ0v) is 10.2. The lowest BCUT2D eigenvalue weighted by Gasteiger charge is -2.13. The van der Waals surface area contributed by atoms with Gasteiger partial charge in [-0.2, -0.15) is 0 Å². The minimum atomic E-state index is -0.838. The number of carbonyl (C=O) groups is 1. The highest BCUT2D eigenvalue weighted by molar-refractivity contribution is 9.10. The molecule has 1 rings (SSSR count). The number of aromatic hydroxyl groups is 1. The van der Waals surface area contributed by atoms with Crippen LogP contribution in [0.25, 0.3) is 0 Å². The highest BCUT2D eigenvalue weighted by Gasteiger charge is 2.15. The molecule has 0 aromatic heterocycles. The van der Waals surface area contributed by atoms with Gasteiger partial charge in [0.2, 0.25) is 0 Å². The van der Waals surface area contributed by atoms with Crippen molar-refractivity contribution in [2.24, 2.45) is 0 Å². The molecule has 0 aliphatic rings. The molecule has 15 heavy (non-hydrogen) atoms. The van der Waals surface area contributed by atoms with Crippen molar-refractivity contribution in [3.63, 3.8) is 0 Å². The lowest BCUT2D eigenvalue weighted by Crippen LogP contribution is -2.04. The first-order valence-corrected chi connectivity index (χ1v) is 5.42. The van der Waals surface area contributed by atoms with Crippen LogP contribution in [0.15, 0.2) is 16.6 Å². The van der Waals surface area contributed by atoms with E-state index in [1.807, 2.05) is 13.8 Å². The largest absolute Gasteiger partial charge is 0.508 e. The summed E-state index contributed by atoms with van der Waals surface area (Å²) >= 11 is 3.40. The van der Waals surface area contributed by atoms with Crippen molar-refractivity contribution < 1.29 is 15.0 Å². The van der Waals surface area contributed by atoms with Crippen LogP contribution >= 0.6 is 15.9 Å². The van der Waals surface area contributed by atoms with Crippen LogP contribution < -0.4 is 0 Å². The second-order valence-electron chi connectivity index (χ2n) is 3.66. The Labute approximate surface area is 96.9 Å². The van der Waals surface area contributed by atoms with E-state index in [-0.39, 0.29) is 18.1 Å². The molecule has 1 aromatic rings. The van der Waals surface area contributed by atoms with Crippen LogP contribution in [0.2, 0.25) is 0 Å². The Kier molecular flexibility index (Phi) is 3.74. The van der Waals surface area contributed by atoms with Crippen molar-refractivity contribution in [1.29, 1.82) is 0 Å². The third kappa shape index (κ3) is 2.96. The number of aliphatic carboxylic acids is 1. The van der Waals surface area contributed by atoms with E-state index < -0.39 is 5.97 Å². The number of halogens is 1. The SMILES string of the molecule is Cc1cc(O)cc(C(C)CC(=O)O)c1Br. The van der Waals surface area contributed by atoms with Gasteiger partial charge in [0.15, 0.2) is 0 Å². The Morgan fingerprint density at radius 1 is 1.53 bits per heavy atom. The molecular weight excluding hydrogens is 260 g/mol. The first-order chi connectivity index (χ1) is 6.91. The highest BCUT2D eigenvalue weighted by atomic mass is 79.9. The number of aryl methyl sites for hydroxylation is 1. The van der Waals surface area contributed by atoms with Crippen LogP contribution in [-0.4, -0.2) is 16.2 Å². The molecule has 0 bridgehead atoms. The van der Waals surface area contributed by atoms with E-state index in [9.17, 15) is 9.90 Å². The molecule has 0 aliphatic carbocycles. The molecule has 0 heterocycles. The molecule has 0 aliphatic heterocycles. The standard InChI is InChI=1S/C11H13BrO3/c1-6(4-10(14)15)9-5-8(13)3-7(2)11(9)12/h3,5-6,13H,4H2,1-2H3,(H,14,15).